The molecule has 0 heterocycles. The first-order chi connectivity index (χ1) is 13.3. The highest BCUT2D eigenvalue weighted by Crippen LogP contribution is 2.60. The van der Waals surface area contributed by atoms with Crippen LogP contribution in [0, 0.1) is 33.3 Å². The third kappa shape index (κ3) is 3.48. The van der Waals surface area contributed by atoms with E-state index in [0.717, 1.165) is 19.3 Å². The molecular weight excluding hydrogens is 384 g/mol. The van der Waals surface area contributed by atoms with E-state index >= 15 is 0 Å². The summed E-state index contributed by atoms with van der Waals surface area (Å²) < 4.78 is 0. The highest BCUT2D eigenvalue weighted by Gasteiger charge is 2.54. The maximum atomic E-state index is 13.3. The summed E-state index contributed by atoms with van der Waals surface area (Å²) in [5, 5.41) is 23.6. The first kappa shape index (κ1) is 19.2. The smallest absolute Gasteiger partial charge is 0.305 e. The Labute approximate surface area is 167 Å². The summed E-state index contributed by atoms with van der Waals surface area (Å²) in [7, 11) is 0. The lowest BCUT2D eigenvalue weighted by molar-refractivity contribution is -0.384. The van der Waals surface area contributed by atoms with Crippen LogP contribution in [-0.2, 0) is 9.59 Å². The first-order valence-corrected chi connectivity index (χ1v) is 10.1. The SMILES string of the molecule is O=C(O)C[C@@H](NC(=O)C12CC3CC(CC(C3)C1)C2)c1cc([N+](=O)[O-])ccc1Cl. The number of benzene rings is 1. The molecule has 2 N–H and O–H groups in total. The van der Waals surface area contributed by atoms with Gasteiger partial charge in [0.1, 0.15) is 0 Å². The van der Waals surface area contributed by atoms with E-state index < -0.39 is 22.3 Å². The second-order valence-electron chi connectivity index (χ2n) is 8.78. The molecule has 0 radical (unpaired) electrons. The molecule has 28 heavy (non-hydrogen) atoms. The van der Waals surface area contributed by atoms with Crippen molar-refractivity contribution in [2.24, 2.45) is 23.2 Å². The number of aliphatic carboxylic acids is 1. The van der Waals surface area contributed by atoms with Crippen molar-refractivity contribution >= 4 is 29.2 Å². The van der Waals surface area contributed by atoms with Gasteiger partial charge in [0, 0.05) is 28.1 Å². The van der Waals surface area contributed by atoms with Gasteiger partial charge in [0.2, 0.25) is 5.91 Å². The minimum absolute atomic E-state index is 0.125. The van der Waals surface area contributed by atoms with Crippen molar-refractivity contribution in [1.82, 2.24) is 5.32 Å². The molecule has 7 nitrogen and oxygen atoms in total. The Morgan fingerprint density at radius 2 is 1.79 bits per heavy atom. The molecule has 4 aliphatic carbocycles. The number of nitrogens with one attached hydrogen (secondary N) is 1. The third-order valence-corrected chi connectivity index (χ3v) is 7.11. The predicted molar refractivity (Wildman–Crippen MR) is 102 cm³/mol. The van der Waals surface area contributed by atoms with Gasteiger partial charge in [-0.15, -0.1) is 0 Å². The fourth-order valence-corrected chi connectivity index (χ4v) is 6.27. The monoisotopic (exact) mass is 406 g/mol. The van der Waals surface area contributed by atoms with Gasteiger partial charge in [-0.2, -0.15) is 0 Å². The van der Waals surface area contributed by atoms with Gasteiger partial charge in [0.25, 0.3) is 5.69 Å². The zero-order valence-electron chi connectivity index (χ0n) is 15.4. The molecule has 8 heteroatoms. The Balaban J connectivity index is 1.61. The number of halogens is 1. The molecule has 0 unspecified atom stereocenters. The van der Waals surface area contributed by atoms with Gasteiger partial charge in [0.15, 0.2) is 0 Å². The van der Waals surface area contributed by atoms with E-state index in [1.165, 1.54) is 37.5 Å². The molecule has 4 fully saturated rings. The Kier molecular flexibility index (Phi) is 4.81. The number of carboxylic acids is 1. The number of hydrogen-bond donors (Lipinski definition) is 2. The highest BCUT2D eigenvalue weighted by molar-refractivity contribution is 6.31. The predicted octanol–water partition coefficient (Wildman–Crippen LogP) is 4.10. The minimum atomic E-state index is -1.10. The van der Waals surface area contributed by atoms with E-state index in [0.29, 0.717) is 17.8 Å². The Morgan fingerprint density at radius 1 is 1.21 bits per heavy atom. The molecule has 1 aromatic rings. The van der Waals surface area contributed by atoms with Gasteiger partial charge in [0.05, 0.1) is 17.4 Å². The quantitative estimate of drug-likeness (QED) is 0.546. The molecule has 0 aromatic heterocycles. The van der Waals surface area contributed by atoms with Gasteiger partial charge < -0.3 is 10.4 Å². The molecule has 4 aliphatic rings. The van der Waals surface area contributed by atoms with Crippen molar-refractivity contribution in [2.45, 2.75) is 51.0 Å². The van der Waals surface area contributed by atoms with E-state index in [4.69, 9.17) is 11.6 Å². The van der Waals surface area contributed by atoms with Crippen molar-refractivity contribution in [3.63, 3.8) is 0 Å². The second-order valence-corrected chi connectivity index (χ2v) is 9.19. The van der Waals surface area contributed by atoms with Gasteiger partial charge in [-0.25, -0.2) is 0 Å². The fourth-order valence-electron chi connectivity index (χ4n) is 6.03. The number of hydrogen-bond acceptors (Lipinski definition) is 4. The summed E-state index contributed by atoms with van der Waals surface area (Å²) in [6.45, 7) is 0. The van der Waals surface area contributed by atoms with Crippen LogP contribution in [0.15, 0.2) is 18.2 Å². The van der Waals surface area contributed by atoms with Crippen molar-refractivity contribution in [3.8, 4) is 0 Å². The number of carbonyl (C=O) groups excluding carboxylic acids is 1. The van der Waals surface area contributed by atoms with Crippen LogP contribution in [0.4, 0.5) is 5.69 Å². The summed E-state index contributed by atoms with van der Waals surface area (Å²) >= 11 is 6.21. The van der Waals surface area contributed by atoms with Crippen molar-refractivity contribution in [1.29, 1.82) is 0 Å². The molecule has 0 saturated heterocycles. The average molecular weight is 407 g/mol. The van der Waals surface area contributed by atoms with Crippen LogP contribution in [0.2, 0.25) is 5.02 Å². The molecule has 0 aliphatic heterocycles. The average Bonchev–Trinajstić information content (AvgIpc) is 2.59. The molecule has 150 valence electrons. The molecule has 1 atom stereocenters. The number of nitrogens with zero attached hydrogens (tertiary/aromatic N) is 1. The maximum absolute atomic E-state index is 13.3. The molecule has 5 rings (SSSR count). The van der Waals surface area contributed by atoms with Crippen LogP contribution in [0.25, 0.3) is 0 Å². The summed E-state index contributed by atoms with van der Waals surface area (Å²) in [6, 6.07) is 3.01. The van der Waals surface area contributed by atoms with Crippen LogP contribution in [-0.4, -0.2) is 21.9 Å². The topological polar surface area (TPSA) is 110 Å². The number of amides is 1. The maximum Gasteiger partial charge on any atom is 0.305 e. The Hall–Kier alpha value is -2.15. The summed E-state index contributed by atoms with van der Waals surface area (Å²) in [5.41, 5.74) is -0.339. The molecule has 4 bridgehead atoms. The lowest BCUT2D eigenvalue weighted by Gasteiger charge is -2.55. The summed E-state index contributed by atoms with van der Waals surface area (Å²) in [5.74, 6) is 0.516. The van der Waals surface area contributed by atoms with Crippen molar-refractivity contribution in [3.05, 3.63) is 38.9 Å². The fraction of sp³-hybridized carbons (Fsp3) is 0.600. The second kappa shape index (κ2) is 7.03. The number of carboxylic acid groups (broad SMARTS) is 1. The van der Waals surface area contributed by atoms with Crippen LogP contribution in [0.3, 0.4) is 0 Å². The number of nitro benzene ring substituents is 1. The number of carbonyl (C=O) groups is 2. The van der Waals surface area contributed by atoms with Gasteiger partial charge in [-0.05, 0) is 62.3 Å². The van der Waals surface area contributed by atoms with Gasteiger partial charge >= 0.3 is 5.97 Å². The van der Waals surface area contributed by atoms with E-state index in [1.54, 1.807) is 0 Å². The molecule has 1 amide bonds. The standard InChI is InChI=1S/C20H23ClN2O5/c21-16-2-1-14(23(27)28)6-15(16)17(7-18(24)25)22-19(26)20-8-11-3-12(9-20)5-13(4-11)10-20/h1-2,6,11-13,17H,3-5,7-10H2,(H,22,26)(H,24,25)/t11?,12?,13?,17-,20?/m1/s1. The lowest BCUT2D eigenvalue weighted by atomic mass is 9.49. The van der Waals surface area contributed by atoms with Crippen LogP contribution < -0.4 is 5.32 Å². The van der Waals surface area contributed by atoms with E-state index in [9.17, 15) is 24.8 Å². The zero-order valence-corrected chi connectivity index (χ0v) is 16.2. The van der Waals surface area contributed by atoms with Crippen LogP contribution in [0.5, 0.6) is 0 Å². The molecular formula is C20H23ClN2O5. The molecule has 1 aromatic carbocycles. The summed E-state index contributed by atoms with van der Waals surface area (Å²) in [6.07, 6.45) is 5.78. The lowest BCUT2D eigenvalue weighted by Crippen LogP contribution is -2.54. The Bertz CT molecular complexity index is 805. The van der Waals surface area contributed by atoms with Crippen molar-refractivity contribution < 1.29 is 19.6 Å². The first-order valence-electron chi connectivity index (χ1n) is 9.72. The number of nitro groups is 1. The van der Waals surface area contributed by atoms with Crippen LogP contribution in [0.1, 0.15) is 56.6 Å². The van der Waals surface area contributed by atoms with Gasteiger partial charge in [-0.1, -0.05) is 11.6 Å². The number of rotatable bonds is 6. The Morgan fingerprint density at radius 3 is 2.29 bits per heavy atom. The molecule has 0 spiro atoms. The molecule has 4 saturated carbocycles. The highest BCUT2D eigenvalue weighted by atomic mass is 35.5. The third-order valence-electron chi connectivity index (χ3n) is 6.77. The minimum Gasteiger partial charge on any atom is -0.481 e. The van der Waals surface area contributed by atoms with Gasteiger partial charge in [-0.3, -0.25) is 19.7 Å². The van der Waals surface area contributed by atoms with Crippen molar-refractivity contribution in [2.75, 3.05) is 0 Å². The zero-order chi connectivity index (χ0) is 20.1. The van der Waals surface area contributed by atoms with E-state index in [-0.39, 0.29) is 28.6 Å². The van der Waals surface area contributed by atoms with Crippen LogP contribution >= 0.6 is 11.6 Å². The van der Waals surface area contributed by atoms with E-state index in [2.05, 4.69) is 5.32 Å². The number of non-ortho nitro benzene ring substituents is 1. The van der Waals surface area contributed by atoms with E-state index in [1.807, 2.05) is 0 Å². The largest absolute Gasteiger partial charge is 0.481 e. The summed E-state index contributed by atoms with van der Waals surface area (Å²) in [4.78, 5) is 35.3. The normalized spacial score (nSPS) is 31.4.